The number of aliphatic hydroxyl groups excluding tert-OH is 2. The second-order valence-corrected chi connectivity index (χ2v) is 3.79. The Bertz CT molecular complexity index is 457. The second-order valence-electron chi connectivity index (χ2n) is 3.79. The van der Waals surface area contributed by atoms with Gasteiger partial charge in [-0.15, -0.1) is 0 Å². The quantitative estimate of drug-likeness (QED) is 0.288. The van der Waals surface area contributed by atoms with Crippen LogP contribution in [0.1, 0.15) is 5.69 Å². The number of carbonyl (C=O) groups is 3. The fraction of sp³-hybridized carbons (Fsp3) is 0.400. The average molecular weight is 305 g/mol. The van der Waals surface area contributed by atoms with Crippen molar-refractivity contribution in [3.05, 3.63) is 18.2 Å². The number of aliphatic hydroxyl groups is 2. The van der Waals surface area contributed by atoms with Crippen LogP contribution in [0.4, 0.5) is 0 Å². The van der Waals surface area contributed by atoms with Crippen LogP contribution in [0.3, 0.4) is 0 Å². The van der Waals surface area contributed by atoms with Crippen molar-refractivity contribution in [1.82, 2.24) is 9.97 Å². The molecule has 0 amide bonds. The highest BCUT2D eigenvalue weighted by Gasteiger charge is 2.29. The molecule has 118 valence electrons. The lowest BCUT2D eigenvalue weighted by Gasteiger charge is -2.07. The van der Waals surface area contributed by atoms with E-state index >= 15 is 0 Å². The molecule has 11 heteroatoms. The van der Waals surface area contributed by atoms with Gasteiger partial charge in [-0.1, -0.05) is 0 Å². The van der Waals surface area contributed by atoms with Crippen molar-refractivity contribution >= 4 is 17.9 Å². The molecule has 0 saturated heterocycles. The lowest BCUT2D eigenvalue weighted by molar-refractivity contribution is -0.165. The molecule has 1 aromatic rings. The van der Waals surface area contributed by atoms with Gasteiger partial charge in [0, 0.05) is 18.3 Å². The number of aliphatic carboxylic acids is 3. The number of aromatic nitrogens is 2. The minimum atomic E-state index is -2.27. The number of carboxylic acid groups (broad SMARTS) is 3. The molecule has 8 N–H and O–H groups in total. The van der Waals surface area contributed by atoms with E-state index in [2.05, 4.69) is 9.97 Å². The normalized spacial score (nSPS) is 14.2. The number of nitrogens with two attached hydrogens (primary N) is 1. The van der Waals surface area contributed by atoms with Gasteiger partial charge in [0.05, 0.1) is 6.33 Å². The topological polar surface area (TPSA) is 207 Å². The summed E-state index contributed by atoms with van der Waals surface area (Å²) >= 11 is 0. The molecule has 0 aliphatic rings. The van der Waals surface area contributed by atoms with Crippen LogP contribution in [0, 0.1) is 0 Å². The van der Waals surface area contributed by atoms with Crippen molar-refractivity contribution in [3.8, 4) is 0 Å². The van der Waals surface area contributed by atoms with E-state index in [4.69, 9.17) is 31.3 Å². The lowest BCUT2D eigenvalue weighted by Crippen LogP contribution is -2.39. The van der Waals surface area contributed by atoms with Gasteiger partial charge < -0.3 is 36.3 Å². The predicted octanol–water partition coefficient (Wildman–Crippen LogP) is -2.76. The zero-order valence-corrected chi connectivity index (χ0v) is 10.6. The number of aromatic amines is 1. The van der Waals surface area contributed by atoms with Gasteiger partial charge in [-0.05, 0) is 0 Å². The summed E-state index contributed by atoms with van der Waals surface area (Å²) in [7, 11) is 0. The molecule has 0 spiro atoms. The van der Waals surface area contributed by atoms with Gasteiger partial charge in [-0.25, -0.2) is 14.6 Å². The Morgan fingerprint density at radius 2 is 1.57 bits per heavy atom. The molecular weight excluding hydrogens is 290 g/mol. The van der Waals surface area contributed by atoms with E-state index in [1.54, 1.807) is 6.20 Å². The summed E-state index contributed by atoms with van der Waals surface area (Å²) in [6, 6.07) is -0.851. The van der Waals surface area contributed by atoms with Gasteiger partial charge in [-0.3, -0.25) is 4.79 Å². The van der Waals surface area contributed by atoms with Crippen molar-refractivity contribution < 1.29 is 39.9 Å². The van der Waals surface area contributed by atoms with Crippen LogP contribution >= 0.6 is 0 Å². The van der Waals surface area contributed by atoms with Crippen molar-refractivity contribution in [2.45, 2.75) is 24.7 Å². The Kier molecular flexibility index (Phi) is 7.60. The molecule has 0 bridgehead atoms. The van der Waals surface area contributed by atoms with E-state index in [1.807, 2.05) is 0 Å². The molecule has 1 aromatic heterocycles. The number of imidazole rings is 1. The van der Waals surface area contributed by atoms with Gasteiger partial charge in [-0.2, -0.15) is 0 Å². The fourth-order valence-corrected chi connectivity index (χ4v) is 0.991. The zero-order chi connectivity index (χ0) is 16.6. The van der Waals surface area contributed by atoms with Crippen LogP contribution in [0.15, 0.2) is 12.5 Å². The summed E-state index contributed by atoms with van der Waals surface area (Å²) in [6.45, 7) is 0. The Morgan fingerprint density at radius 1 is 1.10 bits per heavy atom. The van der Waals surface area contributed by atoms with Gasteiger partial charge in [0.2, 0.25) is 0 Å². The van der Waals surface area contributed by atoms with Gasteiger partial charge in [0.1, 0.15) is 6.04 Å². The molecule has 3 atom stereocenters. The van der Waals surface area contributed by atoms with Gasteiger partial charge >= 0.3 is 17.9 Å². The smallest absolute Gasteiger partial charge is 0.335 e. The first-order valence-electron chi connectivity index (χ1n) is 5.44. The van der Waals surface area contributed by atoms with E-state index in [9.17, 15) is 14.4 Å². The van der Waals surface area contributed by atoms with E-state index < -0.39 is 36.2 Å². The van der Waals surface area contributed by atoms with Crippen LogP contribution in [0.2, 0.25) is 0 Å². The molecule has 0 aliphatic heterocycles. The zero-order valence-electron chi connectivity index (χ0n) is 10.6. The first-order valence-corrected chi connectivity index (χ1v) is 5.44. The maximum Gasteiger partial charge on any atom is 0.335 e. The third-order valence-corrected chi connectivity index (χ3v) is 2.12. The number of nitrogens with zero attached hydrogens (tertiary/aromatic N) is 1. The number of hydrogen-bond donors (Lipinski definition) is 7. The van der Waals surface area contributed by atoms with Crippen molar-refractivity contribution in [2.24, 2.45) is 5.73 Å². The Hall–Kier alpha value is -2.50. The molecule has 1 rings (SSSR count). The monoisotopic (exact) mass is 305 g/mol. The highest BCUT2D eigenvalue weighted by Crippen LogP contribution is 1.95. The number of hydrogen-bond acceptors (Lipinski definition) is 7. The van der Waals surface area contributed by atoms with Crippen molar-refractivity contribution in [1.29, 1.82) is 0 Å². The summed E-state index contributed by atoms with van der Waals surface area (Å²) in [5.74, 6) is -4.54. The number of nitrogens with one attached hydrogen (secondary N) is 1. The van der Waals surface area contributed by atoms with Crippen LogP contribution in [-0.2, 0) is 20.8 Å². The highest BCUT2D eigenvalue weighted by atomic mass is 16.4. The summed E-state index contributed by atoms with van der Waals surface area (Å²) in [5, 5.41) is 40.9. The van der Waals surface area contributed by atoms with Gasteiger partial charge in [0.15, 0.2) is 12.2 Å². The van der Waals surface area contributed by atoms with Gasteiger partial charge in [0.25, 0.3) is 0 Å². The minimum absolute atomic E-state index is 0.287. The van der Waals surface area contributed by atoms with Crippen molar-refractivity contribution in [3.63, 3.8) is 0 Å². The molecule has 0 aromatic carbocycles. The standard InChI is InChI=1S/C6H9N3O2.C4H6O6/c7-5(6(10)11)1-4-2-8-3-9-4;5-1(3(7)8)2(6)4(9)10/h2-3,5H,1,7H2,(H,8,9)(H,10,11);1-2,5-6H,(H,7,8)(H,9,10)/t5-;/m1./s1. The predicted molar refractivity (Wildman–Crippen MR) is 65.2 cm³/mol. The largest absolute Gasteiger partial charge is 0.480 e. The van der Waals surface area contributed by atoms with Crippen LogP contribution < -0.4 is 5.73 Å². The maximum absolute atomic E-state index is 10.3. The molecule has 2 unspecified atom stereocenters. The molecule has 1 heterocycles. The summed E-state index contributed by atoms with van der Waals surface area (Å²) < 4.78 is 0. The van der Waals surface area contributed by atoms with Crippen LogP contribution in [-0.4, -0.2) is 71.7 Å². The SMILES string of the molecule is N[C@H](Cc1cnc[nH]1)C(=O)O.O=C(O)C(O)C(O)C(=O)O. The minimum Gasteiger partial charge on any atom is -0.480 e. The second kappa shape index (κ2) is 8.63. The summed E-state index contributed by atoms with van der Waals surface area (Å²) in [4.78, 5) is 36.3. The van der Waals surface area contributed by atoms with E-state index in [1.165, 1.54) is 6.33 Å². The third-order valence-electron chi connectivity index (χ3n) is 2.12. The summed E-state index contributed by atoms with van der Waals surface area (Å²) in [5.41, 5.74) is 6.00. The highest BCUT2D eigenvalue weighted by molar-refractivity contribution is 5.83. The van der Waals surface area contributed by atoms with E-state index in [0.717, 1.165) is 5.69 Å². The third kappa shape index (κ3) is 7.00. The Balaban J connectivity index is 0.000000384. The van der Waals surface area contributed by atoms with Crippen molar-refractivity contribution in [2.75, 3.05) is 0 Å². The summed E-state index contributed by atoms with van der Waals surface area (Å²) in [6.07, 6.45) is -1.20. The average Bonchev–Trinajstić information content (AvgIpc) is 2.90. The maximum atomic E-state index is 10.3. The van der Waals surface area contributed by atoms with E-state index in [0.29, 0.717) is 0 Å². The molecule has 11 nitrogen and oxygen atoms in total. The first kappa shape index (κ1) is 18.5. The van der Waals surface area contributed by atoms with E-state index in [-0.39, 0.29) is 6.42 Å². The van der Waals surface area contributed by atoms with Crippen LogP contribution in [0.25, 0.3) is 0 Å². The lowest BCUT2D eigenvalue weighted by atomic mass is 10.2. The molecule has 21 heavy (non-hydrogen) atoms. The number of carboxylic acids is 3. The molecule has 0 aliphatic carbocycles. The number of H-pyrrole nitrogens is 1. The molecule has 0 saturated carbocycles. The first-order chi connectivity index (χ1) is 9.66. The molecular formula is C10H15N3O8. The molecule has 0 fully saturated rings. The van der Waals surface area contributed by atoms with Crippen LogP contribution in [0.5, 0.6) is 0 Å². The Morgan fingerprint density at radius 3 is 1.86 bits per heavy atom. The fourth-order valence-electron chi connectivity index (χ4n) is 0.991. The number of rotatable bonds is 6. The Labute approximate surface area is 117 Å². The molecule has 0 radical (unpaired) electrons.